The summed E-state index contributed by atoms with van der Waals surface area (Å²) in [6, 6.07) is 11.8. The molecule has 138 valence electrons. The molecule has 0 N–H and O–H groups in total. The van der Waals surface area contributed by atoms with Gasteiger partial charge in [-0.2, -0.15) is 0 Å². The van der Waals surface area contributed by atoms with E-state index in [9.17, 15) is 9.18 Å². The summed E-state index contributed by atoms with van der Waals surface area (Å²) in [7, 11) is 3.13. The number of hydrogen-bond acceptors (Lipinski definition) is 4. The third kappa shape index (κ3) is 4.14. The van der Waals surface area contributed by atoms with Crippen LogP contribution in [0.4, 0.5) is 4.39 Å². The van der Waals surface area contributed by atoms with Crippen molar-refractivity contribution < 1.29 is 18.7 Å². The van der Waals surface area contributed by atoms with Crippen molar-refractivity contribution in [3.05, 3.63) is 59.4 Å². The van der Waals surface area contributed by atoms with Crippen molar-refractivity contribution in [2.24, 2.45) is 0 Å². The van der Waals surface area contributed by atoms with Crippen LogP contribution in [0.1, 0.15) is 15.9 Å². The molecule has 0 aliphatic carbocycles. The predicted octanol–water partition coefficient (Wildman–Crippen LogP) is 2.80. The number of benzene rings is 2. The molecule has 5 nitrogen and oxygen atoms in total. The normalized spacial score (nSPS) is 15.0. The average Bonchev–Trinajstić information content (AvgIpc) is 2.69. The number of hydrogen-bond donors (Lipinski definition) is 0. The van der Waals surface area contributed by atoms with Crippen LogP contribution in [0.3, 0.4) is 0 Å². The number of rotatable bonds is 5. The minimum absolute atomic E-state index is 0.0362. The molecule has 26 heavy (non-hydrogen) atoms. The van der Waals surface area contributed by atoms with Gasteiger partial charge in [0.05, 0.1) is 19.8 Å². The Kier molecular flexibility index (Phi) is 5.73. The first kappa shape index (κ1) is 18.2. The van der Waals surface area contributed by atoms with E-state index in [-0.39, 0.29) is 11.7 Å². The summed E-state index contributed by atoms with van der Waals surface area (Å²) in [4.78, 5) is 16.9. The van der Waals surface area contributed by atoms with Gasteiger partial charge >= 0.3 is 0 Å². The monoisotopic (exact) mass is 358 g/mol. The zero-order valence-electron chi connectivity index (χ0n) is 15.1. The average molecular weight is 358 g/mol. The number of methoxy groups -OCH3 is 2. The Bertz CT molecular complexity index is 756. The van der Waals surface area contributed by atoms with Gasteiger partial charge in [0.1, 0.15) is 17.3 Å². The number of carbonyl (C=O) groups is 1. The molecule has 6 heteroatoms. The molecule has 1 heterocycles. The molecule has 1 aliphatic rings. The first-order valence-electron chi connectivity index (χ1n) is 8.59. The maximum absolute atomic E-state index is 13.0. The Morgan fingerprint density at radius 3 is 2.31 bits per heavy atom. The molecule has 1 saturated heterocycles. The van der Waals surface area contributed by atoms with E-state index in [2.05, 4.69) is 4.90 Å². The van der Waals surface area contributed by atoms with Crippen LogP contribution < -0.4 is 9.47 Å². The second kappa shape index (κ2) is 8.19. The van der Waals surface area contributed by atoms with Crippen molar-refractivity contribution in [2.45, 2.75) is 6.54 Å². The van der Waals surface area contributed by atoms with Crippen LogP contribution >= 0.6 is 0 Å². The number of nitrogens with zero attached hydrogens (tertiary/aromatic N) is 2. The maximum Gasteiger partial charge on any atom is 0.257 e. The van der Waals surface area contributed by atoms with Crippen molar-refractivity contribution >= 4 is 5.91 Å². The van der Waals surface area contributed by atoms with Crippen LogP contribution in [0.15, 0.2) is 42.5 Å². The molecule has 0 atom stereocenters. The largest absolute Gasteiger partial charge is 0.497 e. The molecule has 2 aromatic carbocycles. The van der Waals surface area contributed by atoms with Crippen molar-refractivity contribution in [1.29, 1.82) is 0 Å². The second-order valence-corrected chi connectivity index (χ2v) is 6.26. The van der Waals surface area contributed by atoms with E-state index in [4.69, 9.17) is 9.47 Å². The van der Waals surface area contributed by atoms with E-state index in [1.807, 2.05) is 4.90 Å². The predicted molar refractivity (Wildman–Crippen MR) is 97.1 cm³/mol. The van der Waals surface area contributed by atoms with Crippen LogP contribution in [-0.2, 0) is 6.54 Å². The molecule has 1 amide bonds. The van der Waals surface area contributed by atoms with Gasteiger partial charge < -0.3 is 14.4 Å². The summed E-state index contributed by atoms with van der Waals surface area (Å²) in [6.07, 6.45) is 0. The van der Waals surface area contributed by atoms with Crippen LogP contribution in [-0.4, -0.2) is 56.1 Å². The Morgan fingerprint density at radius 1 is 1.00 bits per heavy atom. The number of amides is 1. The van der Waals surface area contributed by atoms with Gasteiger partial charge in [0.2, 0.25) is 0 Å². The van der Waals surface area contributed by atoms with E-state index in [0.29, 0.717) is 30.2 Å². The molecule has 0 spiro atoms. The standard InChI is InChI=1S/C20H23FN2O3/c1-25-17-7-8-18(19(13-17)26-2)20(24)23-11-9-22(10-12-23)14-15-3-5-16(21)6-4-15/h3-8,13H,9-12,14H2,1-2H3. The number of halogens is 1. The van der Waals surface area contributed by atoms with E-state index in [0.717, 1.165) is 25.2 Å². The minimum atomic E-state index is -0.224. The van der Waals surface area contributed by atoms with Crippen molar-refractivity contribution in [3.63, 3.8) is 0 Å². The lowest BCUT2D eigenvalue weighted by molar-refractivity contribution is 0.0625. The molecular formula is C20H23FN2O3. The summed E-state index contributed by atoms with van der Waals surface area (Å²) >= 11 is 0. The molecular weight excluding hydrogens is 335 g/mol. The Balaban J connectivity index is 1.60. The number of carbonyl (C=O) groups excluding carboxylic acids is 1. The summed E-state index contributed by atoms with van der Waals surface area (Å²) in [5, 5.41) is 0. The quantitative estimate of drug-likeness (QED) is 0.824. The Labute approximate surface area is 152 Å². The van der Waals surface area contributed by atoms with Gasteiger partial charge in [0, 0.05) is 38.8 Å². The third-order valence-electron chi connectivity index (χ3n) is 4.62. The van der Waals surface area contributed by atoms with Gasteiger partial charge in [0.15, 0.2) is 0 Å². The molecule has 0 unspecified atom stereocenters. The van der Waals surface area contributed by atoms with Gasteiger partial charge in [-0.15, -0.1) is 0 Å². The molecule has 1 fully saturated rings. The van der Waals surface area contributed by atoms with Crippen molar-refractivity contribution in [2.75, 3.05) is 40.4 Å². The van der Waals surface area contributed by atoms with E-state index >= 15 is 0 Å². The van der Waals surface area contributed by atoms with Gasteiger partial charge in [-0.25, -0.2) is 4.39 Å². The first-order valence-corrected chi connectivity index (χ1v) is 8.59. The lowest BCUT2D eigenvalue weighted by Gasteiger charge is -2.35. The van der Waals surface area contributed by atoms with E-state index in [1.54, 1.807) is 44.6 Å². The smallest absolute Gasteiger partial charge is 0.257 e. The molecule has 3 rings (SSSR count). The molecule has 2 aromatic rings. The summed E-state index contributed by atoms with van der Waals surface area (Å²) in [6.45, 7) is 3.61. The fourth-order valence-corrected chi connectivity index (χ4v) is 3.10. The SMILES string of the molecule is COc1ccc(C(=O)N2CCN(Cc3ccc(F)cc3)CC2)c(OC)c1. The highest BCUT2D eigenvalue weighted by atomic mass is 19.1. The molecule has 0 aromatic heterocycles. The summed E-state index contributed by atoms with van der Waals surface area (Å²) in [5.41, 5.74) is 1.61. The van der Waals surface area contributed by atoms with Gasteiger partial charge in [0.25, 0.3) is 5.91 Å². The first-order chi connectivity index (χ1) is 12.6. The van der Waals surface area contributed by atoms with Gasteiger partial charge in [-0.3, -0.25) is 9.69 Å². The Hall–Kier alpha value is -2.60. The van der Waals surface area contributed by atoms with Crippen molar-refractivity contribution in [1.82, 2.24) is 9.80 Å². The minimum Gasteiger partial charge on any atom is -0.497 e. The fourth-order valence-electron chi connectivity index (χ4n) is 3.10. The van der Waals surface area contributed by atoms with Gasteiger partial charge in [-0.05, 0) is 29.8 Å². The molecule has 0 radical (unpaired) electrons. The summed E-state index contributed by atoms with van der Waals surface area (Å²) < 4.78 is 23.5. The Morgan fingerprint density at radius 2 is 1.69 bits per heavy atom. The maximum atomic E-state index is 13.0. The van der Waals surface area contributed by atoms with E-state index in [1.165, 1.54) is 12.1 Å². The molecule has 0 bridgehead atoms. The van der Waals surface area contributed by atoms with Crippen LogP contribution in [0.2, 0.25) is 0 Å². The zero-order chi connectivity index (χ0) is 18.5. The van der Waals surface area contributed by atoms with Gasteiger partial charge in [-0.1, -0.05) is 12.1 Å². The summed E-state index contributed by atoms with van der Waals surface area (Å²) in [5.74, 6) is 0.911. The number of ether oxygens (including phenoxy) is 2. The fraction of sp³-hybridized carbons (Fsp3) is 0.350. The third-order valence-corrected chi connectivity index (χ3v) is 4.62. The van der Waals surface area contributed by atoms with Crippen molar-refractivity contribution in [3.8, 4) is 11.5 Å². The highest BCUT2D eigenvalue weighted by Crippen LogP contribution is 2.26. The van der Waals surface area contributed by atoms with E-state index < -0.39 is 0 Å². The van der Waals surface area contributed by atoms with Crippen LogP contribution in [0.25, 0.3) is 0 Å². The molecule has 0 saturated carbocycles. The number of piperazine rings is 1. The topological polar surface area (TPSA) is 42.0 Å². The second-order valence-electron chi connectivity index (χ2n) is 6.26. The highest BCUT2D eigenvalue weighted by Gasteiger charge is 2.24. The van der Waals surface area contributed by atoms with Crippen LogP contribution in [0, 0.1) is 5.82 Å². The lowest BCUT2D eigenvalue weighted by Crippen LogP contribution is -2.48. The van der Waals surface area contributed by atoms with Crippen LogP contribution in [0.5, 0.6) is 11.5 Å². The zero-order valence-corrected chi connectivity index (χ0v) is 15.1. The lowest BCUT2D eigenvalue weighted by atomic mass is 10.1. The molecule has 1 aliphatic heterocycles. The highest BCUT2D eigenvalue weighted by molar-refractivity contribution is 5.97.